The van der Waals surface area contributed by atoms with E-state index in [1.807, 2.05) is 6.92 Å². The summed E-state index contributed by atoms with van der Waals surface area (Å²) < 4.78 is 2.33. The Morgan fingerprint density at radius 1 is 1.03 bits per heavy atom. The summed E-state index contributed by atoms with van der Waals surface area (Å²) in [6.07, 6.45) is 2.27. The second-order valence-corrected chi connectivity index (χ2v) is 8.62. The zero-order valence-corrected chi connectivity index (χ0v) is 18.2. The van der Waals surface area contributed by atoms with Crippen molar-refractivity contribution in [1.29, 1.82) is 0 Å². The number of rotatable bonds is 3. The Morgan fingerprint density at radius 3 is 2.50 bits per heavy atom. The van der Waals surface area contributed by atoms with Crippen molar-refractivity contribution in [2.45, 2.75) is 46.6 Å². The summed E-state index contributed by atoms with van der Waals surface area (Å²) in [4.78, 5) is 12.3. The maximum Gasteiger partial charge on any atom is 0.151 e. The lowest BCUT2D eigenvalue weighted by atomic mass is 10.0. The highest BCUT2D eigenvalue weighted by Crippen LogP contribution is 2.39. The van der Waals surface area contributed by atoms with Crippen LogP contribution >= 0.6 is 0 Å². The quantitative estimate of drug-likeness (QED) is 0.541. The molecule has 30 heavy (non-hydrogen) atoms. The fourth-order valence-electron chi connectivity index (χ4n) is 5.26. The minimum Gasteiger partial charge on any atom is -0.352 e. The Balaban J connectivity index is 1.92. The summed E-state index contributed by atoms with van der Waals surface area (Å²) in [5, 5.41) is 2.33. The van der Waals surface area contributed by atoms with Gasteiger partial charge in [0.15, 0.2) is 5.65 Å². The van der Waals surface area contributed by atoms with Crippen molar-refractivity contribution in [3.8, 4) is 5.69 Å². The van der Waals surface area contributed by atoms with Crippen LogP contribution in [0.2, 0.25) is 0 Å². The average molecular weight is 400 g/mol. The number of hydrogen-bond donors (Lipinski definition) is 1. The molecule has 2 aromatic heterocycles. The minimum absolute atomic E-state index is 0.340. The number of nitrogens with two attached hydrogens (primary N) is 1. The lowest BCUT2D eigenvalue weighted by molar-refractivity contribution is 0.672. The van der Waals surface area contributed by atoms with Crippen LogP contribution in [0.1, 0.15) is 35.4 Å². The van der Waals surface area contributed by atoms with Crippen molar-refractivity contribution in [2.75, 3.05) is 18.0 Å². The van der Waals surface area contributed by atoms with E-state index in [2.05, 4.69) is 66.6 Å². The molecule has 3 heterocycles. The molecule has 1 atom stereocenters. The lowest BCUT2D eigenvalue weighted by Gasteiger charge is -2.25. The Labute approximate surface area is 177 Å². The zero-order chi connectivity index (χ0) is 21.0. The first-order valence-corrected chi connectivity index (χ1v) is 10.8. The van der Waals surface area contributed by atoms with Gasteiger partial charge in [-0.15, -0.1) is 0 Å². The first kappa shape index (κ1) is 19.1. The molecule has 0 saturated carbocycles. The molecule has 5 nitrogen and oxygen atoms in total. The number of aryl methyl sites for hydroxylation is 4. The van der Waals surface area contributed by atoms with Gasteiger partial charge in [-0.1, -0.05) is 35.9 Å². The summed E-state index contributed by atoms with van der Waals surface area (Å²) in [5.74, 6) is 1.83. The van der Waals surface area contributed by atoms with Crippen LogP contribution in [-0.4, -0.2) is 33.7 Å². The highest BCUT2D eigenvalue weighted by molar-refractivity contribution is 6.13. The van der Waals surface area contributed by atoms with Crippen LogP contribution in [0.5, 0.6) is 0 Å². The molecule has 4 aromatic rings. The van der Waals surface area contributed by atoms with Crippen LogP contribution in [0.25, 0.3) is 27.6 Å². The van der Waals surface area contributed by atoms with Crippen molar-refractivity contribution in [3.63, 3.8) is 0 Å². The number of benzene rings is 2. The molecule has 0 bridgehead atoms. The summed E-state index contributed by atoms with van der Waals surface area (Å²) in [5.41, 5.74) is 13.3. The van der Waals surface area contributed by atoms with Gasteiger partial charge in [-0.2, -0.15) is 0 Å². The van der Waals surface area contributed by atoms with Gasteiger partial charge in [0.25, 0.3) is 0 Å². The van der Waals surface area contributed by atoms with Gasteiger partial charge in [-0.3, -0.25) is 4.57 Å². The van der Waals surface area contributed by atoms with Crippen LogP contribution in [-0.2, 0) is 0 Å². The number of para-hydroxylation sites is 1. The highest BCUT2D eigenvalue weighted by Gasteiger charge is 2.29. The smallest absolute Gasteiger partial charge is 0.151 e. The third kappa shape index (κ3) is 2.80. The van der Waals surface area contributed by atoms with E-state index < -0.39 is 0 Å². The second kappa shape index (κ2) is 7.10. The molecule has 2 aromatic carbocycles. The molecule has 0 radical (unpaired) electrons. The minimum atomic E-state index is 0.340. The topological polar surface area (TPSA) is 60.0 Å². The SMILES string of the molecule is Cc1cc(C)c(-n2c3ccccc3c3c(N4CCC[C@H]4CN)nc(C)nc32)c(C)c1. The van der Waals surface area contributed by atoms with Gasteiger partial charge in [-0.25, -0.2) is 9.97 Å². The second-order valence-electron chi connectivity index (χ2n) is 8.62. The van der Waals surface area contributed by atoms with Crippen molar-refractivity contribution in [1.82, 2.24) is 14.5 Å². The van der Waals surface area contributed by atoms with Crippen LogP contribution in [0.4, 0.5) is 5.82 Å². The predicted octanol–water partition coefficient (Wildman–Crippen LogP) is 4.73. The molecule has 1 saturated heterocycles. The number of nitrogens with zero attached hydrogens (tertiary/aromatic N) is 4. The number of aromatic nitrogens is 3. The van der Waals surface area contributed by atoms with E-state index in [4.69, 9.17) is 15.7 Å². The van der Waals surface area contributed by atoms with Crippen molar-refractivity contribution >= 4 is 27.8 Å². The molecule has 154 valence electrons. The highest BCUT2D eigenvalue weighted by atomic mass is 15.3. The monoisotopic (exact) mass is 399 g/mol. The molecule has 0 spiro atoms. The van der Waals surface area contributed by atoms with E-state index in [1.165, 1.54) is 33.3 Å². The van der Waals surface area contributed by atoms with Crippen molar-refractivity contribution in [3.05, 3.63) is 58.9 Å². The molecule has 1 aliphatic heterocycles. The number of hydrogen-bond acceptors (Lipinski definition) is 4. The fourth-order valence-corrected chi connectivity index (χ4v) is 5.26. The van der Waals surface area contributed by atoms with Crippen LogP contribution in [0.15, 0.2) is 36.4 Å². The van der Waals surface area contributed by atoms with Gasteiger partial charge < -0.3 is 10.6 Å². The van der Waals surface area contributed by atoms with Crippen LogP contribution in [0.3, 0.4) is 0 Å². The third-order valence-electron chi connectivity index (χ3n) is 6.39. The largest absolute Gasteiger partial charge is 0.352 e. The molecule has 0 amide bonds. The van der Waals surface area contributed by atoms with Gasteiger partial charge in [-0.05, 0) is 57.7 Å². The predicted molar refractivity (Wildman–Crippen MR) is 125 cm³/mol. The van der Waals surface area contributed by atoms with Gasteiger partial charge >= 0.3 is 0 Å². The standard InChI is InChI=1S/C25H29N5/c1-15-12-16(2)23(17(3)13-15)30-21-10-6-5-9-20(21)22-24(27-18(4)28-25(22)30)29-11-7-8-19(29)14-26/h5-6,9-10,12-13,19H,7-8,11,14,26H2,1-4H3/t19-/m0/s1. The van der Waals surface area contributed by atoms with E-state index in [9.17, 15) is 0 Å². The molecule has 0 aliphatic carbocycles. The van der Waals surface area contributed by atoms with Crippen LogP contribution < -0.4 is 10.6 Å². The van der Waals surface area contributed by atoms with E-state index >= 15 is 0 Å². The molecule has 1 aliphatic rings. The molecule has 1 fully saturated rings. The van der Waals surface area contributed by atoms with Crippen molar-refractivity contribution < 1.29 is 0 Å². The first-order valence-electron chi connectivity index (χ1n) is 10.8. The van der Waals surface area contributed by atoms with Crippen molar-refractivity contribution in [2.24, 2.45) is 5.73 Å². The maximum absolute atomic E-state index is 6.12. The molecule has 5 heteroatoms. The number of anilines is 1. The summed E-state index contributed by atoms with van der Waals surface area (Å²) in [6, 6.07) is 13.4. The molecular weight excluding hydrogens is 370 g/mol. The summed E-state index contributed by atoms with van der Waals surface area (Å²) >= 11 is 0. The Hall–Kier alpha value is -2.92. The third-order valence-corrected chi connectivity index (χ3v) is 6.39. The van der Waals surface area contributed by atoms with E-state index in [0.717, 1.165) is 42.1 Å². The van der Waals surface area contributed by atoms with Gasteiger partial charge in [0.2, 0.25) is 0 Å². The fraction of sp³-hybridized carbons (Fsp3) is 0.360. The number of fused-ring (bicyclic) bond motifs is 3. The summed E-state index contributed by atoms with van der Waals surface area (Å²) in [7, 11) is 0. The average Bonchev–Trinajstić information content (AvgIpc) is 3.30. The molecular formula is C25H29N5. The van der Waals surface area contributed by atoms with Gasteiger partial charge in [0.1, 0.15) is 11.6 Å². The van der Waals surface area contributed by atoms with E-state index in [0.29, 0.717) is 12.6 Å². The Bertz CT molecular complexity index is 1250. The van der Waals surface area contributed by atoms with Gasteiger partial charge in [0.05, 0.1) is 16.6 Å². The lowest BCUT2D eigenvalue weighted by Crippen LogP contribution is -2.36. The summed E-state index contributed by atoms with van der Waals surface area (Å²) in [6.45, 7) is 10.2. The van der Waals surface area contributed by atoms with E-state index in [1.54, 1.807) is 0 Å². The Morgan fingerprint density at radius 2 is 1.77 bits per heavy atom. The molecule has 5 rings (SSSR count). The van der Waals surface area contributed by atoms with Gasteiger partial charge in [0, 0.05) is 24.5 Å². The Kier molecular flexibility index (Phi) is 4.51. The molecule has 0 unspecified atom stereocenters. The normalized spacial score (nSPS) is 16.8. The zero-order valence-electron chi connectivity index (χ0n) is 18.2. The maximum atomic E-state index is 6.12. The van der Waals surface area contributed by atoms with Crippen LogP contribution in [0, 0.1) is 27.7 Å². The molecule has 2 N–H and O–H groups in total. The first-order chi connectivity index (χ1) is 14.5. The van der Waals surface area contributed by atoms with E-state index in [-0.39, 0.29) is 0 Å².